The molecule has 3 atom stereocenters. The number of carbonyl (C=O) groups excluding carboxylic acids is 1. The summed E-state index contributed by atoms with van der Waals surface area (Å²) in [7, 11) is 0. The van der Waals surface area contributed by atoms with Gasteiger partial charge in [0.1, 0.15) is 5.60 Å². The summed E-state index contributed by atoms with van der Waals surface area (Å²) in [5.41, 5.74) is 1.00. The molecule has 5 heteroatoms. The van der Waals surface area contributed by atoms with Gasteiger partial charge in [-0.25, -0.2) is 0 Å². The van der Waals surface area contributed by atoms with Crippen LogP contribution in [-0.2, 0) is 9.53 Å². The maximum Gasteiger partial charge on any atom is 0.303 e. The Morgan fingerprint density at radius 2 is 1.88 bits per heavy atom. The molecule has 0 spiro atoms. The summed E-state index contributed by atoms with van der Waals surface area (Å²) in [5.74, 6) is 0.419. The molecule has 3 nitrogen and oxygen atoms in total. The van der Waals surface area contributed by atoms with Crippen LogP contribution in [0.4, 0.5) is 0 Å². The lowest BCUT2D eigenvalue weighted by Gasteiger charge is -2.54. The molecule has 0 aromatic heterocycles. The number of hydrogen-bond donors (Lipinski definition) is 0. The number of esters is 1. The Kier molecular flexibility index (Phi) is 6.69. The van der Waals surface area contributed by atoms with E-state index in [1.807, 2.05) is 12.1 Å². The summed E-state index contributed by atoms with van der Waals surface area (Å²) in [6, 6.07) is 8.82. The van der Waals surface area contributed by atoms with Crippen LogP contribution in [-0.4, -0.2) is 35.6 Å². The largest absolute Gasteiger partial charge is 0.459 e. The average Bonchev–Trinajstić information content (AvgIpc) is 2.53. The minimum atomic E-state index is -0.340. The number of halogens is 2. The number of hydrogen-bond acceptors (Lipinski definition) is 3. The van der Waals surface area contributed by atoms with E-state index in [9.17, 15) is 4.79 Å². The first-order valence-electron chi connectivity index (χ1n) is 9.39. The molecule has 0 unspecified atom stereocenters. The van der Waals surface area contributed by atoms with Crippen molar-refractivity contribution in [2.24, 2.45) is 5.41 Å². The van der Waals surface area contributed by atoms with E-state index >= 15 is 0 Å². The lowest BCUT2D eigenvalue weighted by atomic mass is 9.67. The zero-order chi connectivity index (χ0) is 18.2. The molecule has 1 aromatic rings. The number of nitrogens with zero attached hydrogens (tertiary/aromatic N) is 1. The van der Waals surface area contributed by atoms with Crippen LogP contribution < -0.4 is 0 Å². The zero-order valence-electron chi connectivity index (χ0n) is 16.3. The van der Waals surface area contributed by atoms with E-state index in [4.69, 9.17) is 16.3 Å². The molecule has 3 rings (SSSR count). The maximum atomic E-state index is 11.7. The highest BCUT2D eigenvalue weighted by molar-refractivity contribution is 6.30. The highest BCUT2D eigenvalue weighted by atomic mass is 35.5. The van der Waals surface area contributed by atoms with Gasteiger partial charge in [-0.3, -0.25) is 9.69 Å². The van der Waals surface area contributed by atoms with E-state index in [-0.39, 0.29) is 29.4 Å². The van der Waals surface area contributed by atoms with Crippen molar-refractivity contribution in [3.05, 3.63) is 34.9 Å². The molecule has 26 heavy (non-hydrogen) atoms. The van der Waals surface area contributed by atoms with Crippen molar-refractivity contribution >= 4 is 30.0 Å². The third-order valence-corrected chi connectivity index (χ3v) is 6.49. The molecule has 2 saturated heterocycles. The quantitative estimate of drug-likeness (QED) is 0.618. The van der Waals surface area contributed by atoms with Gasteiger partial charge in [0.05, 0.1) is 0 Å². The summed E-state index contributed by atoms with van der Waals surface area (Å²) in [6.07, 6.45) is 4.21. The molecule has 146 valence electrons. The number of carbonyl (C=O) groups is 1. The van der Waals surface area contributed by atoms with Crippen LogP contribution in [0.15, 0.2) is 24.3 Å². The molecule has 2 fully saturated rings. The van der Waals surface area contributed by atoms with E-state index in [1.165, 1.54) is 18.9 Å². The van der Waals surface area contributed by atoms with E-state index in [2.05, 4.69) is 37.8 Å². The fourth-order valence-electron chi connectivity index (χ4n) is 4.62. The monoisotopic (exact) mass is 399 g/mol. The van der Waals surface area contributed by atoms with Crippen molar-refractivity contribution in [3.8, 4) is 0 Å². The van der Waals surface area contributed by atoms with Gasteiger partial charge in [-0.2, -0.15) is 0 Å². The molecule has 0 bridgehead atoms. The number of piperidine rings is 2. The van der Waals surface area contributed by atoms with Gasteiger partial charge in [0.15, 0.2) is 0 Å². The Bertz CT molecular complexity index is 626. The van der Waals surface area contributed by atoms with E-state index in [0.29, 0.717) is 12.0 Å². The summed E-state index contributed by atoms with van der Waals surface area (Å²) in [5, 5.41) is 0.798. The van der Waals surface area contributed by atoms with Gasteiger partial charge in [-0.15, -0.1) is 12.4 Å². The van der Waals surface area contributed by atoms with Gasteiger partial charge in [-0.1, -0.05) is 44.5 Å². The van der Waals surface area contributed by atoms with Crippen molar-refractivity contribution in [3.63, 3.8) is 0 Å². The Morgan fingerprint density at radius 3 is 2.46 bits per heavy atom. The fraction of sp³-hybridized carbons (Fsp3) is 0.667. The molecule has 0 amide bonds. The number of fused-ring (bicyclic) bond motifs is 1. The van der Waals surface area contributed by atoms with Crippen molar-refractivity contribution in [2.75, 3.05) is 13.1 Å². The van der Waals surface area contributed by atoms with E-state index in [1.54, 1.807) is 0 Å². The molecular weight excluding hydrogens is 369 g/mol. The van der Waals surface area contributed by atoms with Crippen molar-refractivity contribution in [1.29, 1.82) is 0 Å². The Labute approximate surface area is 168 Å². The third-order valence-electron chi connectivity index (χ3n) is 6.24. The van der Waals surface area contributed by atoms with Gasteiger partial charge in [0, 0.05) is 49.3 Å². The minimum Gasteiger partial charge on any atom is -0.459 e. The smallest absolute Gasteiger partial charge is 0.303 e. The first-order valence-corrected chi connectivity index (χ1v) is 9.77. The first-order chi connectivity index (χ1) is 11.7. The summed E-state index contributed by atoms with van der Waals surface area (Å²) in [4.78, 5) is 14.3. The van der Waals surface area contributed by atoms with Gasteiger partial charge >= 0.3 is 5.97 Å². The molecule has 2 aliphatic heterocycles. The van der Waals surface area contributed by atoms with Crippen LogP contribution in [0.25, 0.3) is 0 Å². The molecular formula is C21H31Cl2NO2. The second kappa shape index (κ2) is 8.08. The van der Waals surface area contributed by atoms with Crippen LogP contribution >= 0.6 is 24.0 Å². The van der Waals surface area contributed by atoms with Crippen LogP contribution in [0.2, 0.25) is 5.02 Å². The Hall–Kier alpha value is -0.770. The van der Waals surface area contributed by atoms with Gasteiger partial charge in [-0.05, 0) is 36.5 Å². The van der Waals surface area contributed by atoms with Gasteiger partial charge in [0.25, 0.3) is 0 Å². The predicted molar refractivity (Wildman–Crippen MR) is 109 cm³/mol. The molecule has 0 aliphatic carbocycles. The van der Waals surface area contributed by atoms with Crippen molar-refractivity contribution in [2.45, 2.75) is 70.9 Å². The third kappa shape index (κ3) is 4.37. The first kappa shape index (κ1) is 21.5. The van der Waals surface area contributed by atoms with Crippen LogP contribution in [0.5, 0.6) is 0 Å². The molecule has 0 saturated carbocycles. The summed E-state index contributed by atoms with van der Waals surface area (Å²) < 4.78 is 5.94. The molecule has 0 N–H and O–H groups in total. The Morgan fingerprint density at radius 1 is 1.23 bits per heavy atom. The Balaban J connectivity index is 0.00000243. The average molecular weight is 400 g/mol. The summed E-state index contributed by atoms with van der Waals surface area (Å²) in [6.45, 7) is 10.2. The second-order valence-electron chi connectivity index (χ2n) is 8.77. The lowest BCUT2D eigenvalue weighted by molar-refractivity contribution is -0.186. The molecule has 0 radical (unpaired) electrons. The highest BCUT2D eigenvalue weighted by Crippen LogP contribution is 2.47. The molecule has 1 aromatic carbocycles. The number of benzene rings is 1. The van der Waals surface area contributed by atoms with E-state index < -0.39 is 0 Å². The van der Waals surface area contributed by atoms with Crippen LogP contribution in [0, 0.1) is 5.41 Å². The standard InChI is InChI=1S/C21H30ClNO2.ClH/c1-15(24)25-21(20(2,3)4)11-12-23-14-17(7-10-19(23)13-21)16-5-8-18(22)9-6-16;/h5-6,8-9,17,19H,7,10-14H2,1-4H3;1H/t17-,19+,21-;/m0./s1. The van der Waals surface area contributed by atoms with Crippen LogP contribution in [0.1, 0.15) is 64.9 Å². The molecule has 2 heterocycles. The fourth-order valence-corrected chi connectivity index (χ4v) is 4.75. The molecule has 2 aliphatic rings. The summed E-state index contributed by atoms with van der Waals surface area (Å²) >= 11 is 6.03. The zero-order valence-corrected chi connectivity index (χ0v) is 17.8. The van der Waals surface area contributed by atoms with Crippen molar-refractivity contribution < 1.29 is 9.53 Å². The van der Waals surface area contributed by atoms with Gasteiger partial charge < -0.3 is 4.74 Å². The van der Waals surface area contributed by atoms with Gasteiger partial charge in [0.2, 0.25) is 0 Å². The lowest BCUT2D eigenvalue weighted by Crippen LogP contribution is -2.59. The number of rotatable bonds is 2. The SMILES string of the molecule is CC(=O)O[C@@]1(C(C)(C)C)CCN2C[C@@H](c3ccc(Cl)cc3)CC[C@@H]2C1.Cl. The number of ether oxygens (including phenoxy) is 1. The highest BCUT2D eigenvalue weighted by Gasteiger charge is 2.51. The normalized spacial score (nSPS) is 29.4. The minimum absolute atomic E-state index is 0. The maximum absolute atomic E-state index is 11.7. The van der Waals surface area contributed by atoms with E-state index in [0.717, 1.165) is 37.4 Å². The van der Waals surface area contributed by atoms with Crippen molar-refractivity contribution in [1.82, 2.24) is 4.90 Å². The van der Waals surface area contributed by atoms with Crippen LogP contribution in [0.3, 0.4) is 0 Å². The topological polar surface area (TPSA) is 29.5 Å². The predicted octanol–water partition coefficient (Wildman–Crippen LogP) is 5.45. The second-order valence-corrected chi connectivity index (χ2v) is 9.20.